The van der Waals surface area contributed by atoms with Crippen LogP contribution in [-0.2, 0) is 16.2 Å². The normalized spacial score (nSPS) is 14.1. The first-order valence-corrected chi connectivity index (χ1v) is 17.9. The number of fused-ring (bicyclic) bond motifs is 15. The molecule has 0 amide bonds. The molecule has 0 bridgehead atoms. The summed E-state index contributed by atoms with van der Waals surface area (Å²) in [6.45, 7) is 21.0. The first-order chi connectivity index (χ1) is 22.2. The van der Waals surface area contributed by atoms with Crippen molar-refractivity contribution in [3.63, 3.8) is 0 Å². The standard InChI is InChI=1S/C44H40N2S/c1-42(2,3)23-14-17-34-29(18-23)32-21-24(43(4,5)6)19-30-26-15-16-27-31-20-25(44(7,8)9)22-33-37(31)46(39(27)38(26)45(34)36(30)32)40-28-12-10-11-13-35(28)47-41(33)40/h10-22H,1-9H3. The van der Waals surface area contributed by atoms with Crippen molar-refractivity contribution in [3.05, 3.63) is 95.6 Å². The fourth-order valence-electron chi connectivity index (χ4n) is 8.41. The first-order valence-electron chi connectivity index (χ1n) is 17.0. The van der Waals surface area contributed by atoms with Gasteiger partial charge in [-0.2, -0.15) is 0 Å². The zero-order valence-corrected chi connectivity index (χ0v) is 29.6. The molecule has 5 aromatic carbocycles. The highest BCUT2D eigenvalue weighted by atomic mass is 32.1. The molecule has 0 atom stereocenters. The summed E-state index contributed by atoms with van der Waals surface area (Å²) in [7, 11) is 0. The van der Waals surface area contributed by atoms with Crippen molar-refractivity contribution in [3.8, 4) is 0 Å². The van der Waals surface area contributed by atoms with E-state index in [0.717, 1.165) is 0 Å². The van der Waals surface area contributed by atoms with E-state index in [1.165, 1.54) is 102 Å². The van der Waals surface area contributed by atoms with E-state index in [1.54, 1.807) is 0 Å². The lowest BCUT2D eigenvalue weighted by Gasteiger charge is -2.20. The van der Waals surface area contributed by atoms with Gasteiger partial charge in [0, 0.05) is 47.8 Å². The Morgan fingerprint density at radius 1 is 0.404 bits per heavy atom. The highest BCUT2D eigenvalue weighted by molar-refractivity contribution is 7.26. The minimum Gasteiger partial charge on any atom is -0.306 e. The Balaban J connectivity index is 1.53. The van der Waals surface area contributed by atoms with Crippen molar-refractivity contribution in [2.45, 2.75) is 78.6 Å². The Labute approximate surface area is 278 Å². The van der Waals surface area contributed by atoms with Gasteiger partial charge in [0.05, 0.1) is 37.8 Å². The summed E-state index contributed by atoms with van der Waals surface area (Å²) >= 11 is 1.95. The Hall–Kier alpha value is -4.34. The SMILES string of the molecule is CC(C)(C)c1ccc2c(c1)c1cc(C(C)(C)C)cc3c4ccc5c6cc(C(C)(C)C)cc7c8sc9ccccc9c8n(c67)c5c4n2c13. The number of nitrogens with zero attached hydrogens (tertiary/aromatic N) is 2. The van der Waals surface area contributed by atoms with Crippen molar-refractivity contribution >= 4 is 96.9 Å². The molecule has 0 unspecified atom stereocenters. The predicted octanol–water partition coefficient (Wildman–Crippen LogP) is 13.1. The molecule has 5 aromatic heterocycles. The van der Waals surface area contributed by atoms with Crippen LogP contribution in [0.25, 0.3) is 85.6 Å². The molecule has 10 aromatic rings. The van der Waals surface area contributed by atoms with Crippen LogP contribution in [0.5, 0.6) is 0 Å². The van der Waals surface area contributed by atoms with Gasteiger partial charge < -0.3 is 8.80 Å². The molecule has 10 rings (SSSR count). The molecule has 0 aliphatic heterocycles. The Morgan fingerprint density at radius 3 is 1.53 bits per heavy atom. The van der Waals surface area contributed by atoms with Gasteiger partial charge in [0.1, 0.15) is 0 Å². The van der Waals surface area contributed by atoms with Crippen molar-refractivity contribution < 1.29 is 0 Å². The number of rotatable bonds is 0. The number of hydrogen-bond donors (Lipinski definition) is 0. The van der Waals surface area contributed by atoms with E-state index in [-0.39, 0.29) is 16.2 Å². The molecule has 232 valence electrons. The quantitative estimate of drug-likeness (QED) is 0.158. The van der Waals surface area contributed by atoms with Gasteiger partial charge in [-0.25, -0.2) is 0 Å². The summed E-state index contributed by atoms with van der Waals surface area (Å²) in [4.78, 5) is 0. The van der Waals surface area contributed by atoms with Crippen molar-refractivity contribution in [1.82, 2.24) is 8.80 Å². The van der Waals surface area contributed by atoms with E-state index in [9.17, 15) is 0 Å². The van der Waals surface area contributed by atoms with Crippen LogP contribution in [0.4, 0.5) is 0 Å². The summed E-state index contributed by atoms with van der Waals surface area (Å²) in [6.07, 6.45) is 0. The minimum atomic E-state index is 0.0359. The average Bonchev–Trinajstić information content (AvgIpc) is 3.78. The van der Waals surface area contributed by atoms with Crippen LogP contribution in [0, 0.1) is 0 Å². The van der Waals surface area contributed by atoms with Crippen LogP contribution in [0.1, 0.15) is 79.0 Å². The second-order valence-corrected chi connectivity index (χ2v) is 18.2. The molecular weight excluding hydrogens is 589 g/mol. The molecular formula is C44H40N2S. The molecule has 2 nitrogen and oxygen atoms in total. The average molecular weight is 629 g/mol. The molecule has 0 spiro atoms. The van der Waals surface area contributed by atoms with E-state index < -0.39 is 0 Å². The zero-order valence-electron chi connectivity index (χ0n) is 28.8. The fourth-order valence-corrected chi connectivity index (χ4v) is 9.62. The van der Waals surface area contributed by atoms with E-state index in [0.29, 0.717) is 0 Å². The lowest BCUT2D eigenvalue weighted by Crippen LogP contribution is -2.11. The van der Waals surface area contributed by atoms with Crippen LogP contribution in [0.2, 0.25) is 0 Å². The Bertz CT molecular complexity index is 2940. The number of hydrogen-bond acceptors (Lipinski definition) is 1. The smallest absolute Gasteiger partial charge is 0.0789 e. The van der Waals surface area contributed by atoms with Crippen LogP contribution in [-0.4, -0.2) is 8.80 Å². The lowest BCUT2D eigenvalue weighted by molar-refractivity contribution is 0.590. The maximum absolute atomic E-state index is 2.65. The second-order valence-electron chi connectivity index (χ2n) is 17.1. The van der Waals surface area contributed by atoms with Crippen molar-refractivity contribution in [2.24, 2.45) is 0 Å². The largest absolute Gasteiger partial charge is 0.306 e. The molecule has 47 heavy (non-hydrogen) atoms. The van der Waals surface area contributed by atoms with E-state index >= 15 is 0 Å². The van der Waals surface area contributed by atoms with Gasteiger partial charge >= 0.3 is 0 Å². The summed E-state index contributed by atoms with van der Waals surface area (Å²) in [5.74, 6) is 0. The third-order valence-corrected chi connectivity index (χ3v) is 12.2. The van der Waals surface area contributed by atoms with E-state index in [2.05, 4.69) is 150 Å². The van der Waals surface area contributed by atoms with Crippen LogP contribution in [0.3, 0.4) is 0 Å². The van der Waals surface area contributed by atoms with Gasteiger partial charge in [0.2, 0.25) is 0 Å². The maximum atomic E-state index is 2.65. The highest BCUT2D eigenvalue weighted by Crippen LogP contribution is 2.50. The van der Waals surface area contributed by atoms with Crippen LogP contribution < -0.4 is 0 Å². The van der Waals surface area contributed by atoms with Crippen molar-refractivity contribution in [2.75, 3.05) is 0 Å². The highest BCUT2D eigenvalue weighted by Gasteiger charge is 2.29. The van der Waals surface area contributed by atoms with Gasteiger partial charge in [-0.05, 0) is 75.4 Å². The van der Waals surface area contributed by atoms with E-state index in [1.807, 2.05) is 11.3 Å². The number of aromatic nitrogens is 2. The molecule has 0 N–H and O–H groups in total. The van der Waals surface area contributed by atoms with Gasteiger partial charge in [0.25, 0.3) is 0 Å². The molecule has 0 saturated carbocycles. The molecule has 3 heteroatoms. The third-order valence-electron chi connectivity index (χ3n) is 11.0. The molecule has 5 heterocycles. The predicted molar refractivity (Wildman–Crippen MR) is 207 cm³/mol. The first kappa shape index (κ1) is 27.7. The van der Waals surface area contributed by atoms with Crippen molar-refractivity contribution in [1.29, 1.82) is 0 Å². The topological polar surface area (TPSA) is 8.82 Å². The van der Waals surface area contributed by atoms with Gasteiger partial charge in [-0.15, -0.1) is 11.3 Å². The zero-order chi connectivity index (χ0) is 32.5. The summed E-state index contributed by atoms with van der Waals surface area (Å²) in [5.41, 5.74) is 12.4. The minimum absolute atomic E-state index is 0.0359. The molecule has 0 aliphatic carbocycles. The summed E-state index contributed by atoms with van der Waals surface area (Å²) < 4.78 is 8.03. The van der Waals surface area contributed by atoms with E-state index in [4.69, 9.17) is 0 Å². The van der Waals surface area contributed by atoms with Crippen LogP contribution >= 0.6 is 11.3 Å². The summed E-state index contributed by atoms with van der Waals surface area (Å²) in [5, 5.41) is 10.9. The fraction of sp³-hybridized carbons (Fsp3) is 0.273. The maximum Gasteiger partial charge on any atom is 0.0789 e. The second kappa shape index (κ2) is 8.38. The van der Waals surface area contributed by atoms with Gasteiger partial charge in [-0.3, -0.25) is 0 Å². The molecule has 0 fully saturated rings. The molecule has 0 saturated heterocycles. The number of benzene rings is 5. The van der Waals surface area contributed by atoms with Gasteiger partial charge in [0.15, 0.2) is 0 Å². The third kappa shape index (κ3) is 3.41. The summed E-state index contributed by atoms with van der Waals surface area (Å²) in [6, 6.07) is 31.0. The Morgan fingerprint density at radius 2 is 0.915 bits per heavy atom. The van der Waals surface area contributed by atoms with Gasteiger partial charge in [-0.1, -0.05) is 98.7 Å². The van der Waals surface area contributed by atoms with Crippen LogP contribution in [0.15, 0.2) is 78.9 Å². The number of thiophene rings is 1. The molecule has 0 aliphatic rings. The molecule has 0 radical (unpaired) electrons. The monoisotopic (exact) mass is 628 g/mol. The lowest BCUT2D eigenvalue weighted by atomic mass is 9.84. The Kier molecular flexibility index (Phi) is 4.95.